The van der Waals surface area contributed by atoms with Gasteiger partial charge >= 0.3 is 11.9 Å². The highest BCUT2D eigenvalue weighted by atomic mass is 16.5. The van der Waals surface area contributed by atoms with Crippen LogP contribution < -0.4 is 0 Å². The molecule has 0 saturated heterocycles. The third-order valence-electron chi connectivity index (χ3n) is 8.11. The monoisotopic (exact) mass is 496 g/mol. The van der Waals surface area contributed by atoms with Crippen LogP contribution in [0.25, 0.3) is 0 Å². The predicted octanol–water partition coefficient (Wildman–Crippen LogP) is 9.73. The van der Waals surface area contributed by atoms with Gasteiger partial charge < -0.3 is 9.84 Å². The van der Waals surface area contributed by atoms with E-state index in [1.807, 2.05) is 0 Å². The zero-order chi connectivity index (χ0) is 26.4. The summed E-state index contributed by atoms with van der Waals surface area (Å²) in [5.74, 6) is 0.584. The minimum absolute atomic E-state index is 0.0451. The Hall–Kier alpha value is -1.06. The summed E-state index contributed by atoms with van der Waals surface area (Å²) in [6, 6.07) is 0. The Kier molecular flexibility index (Phi) is 21.5. The van der Waals surface area contributed by atoms with E-state index < -0.39 is 5.97 Å². The summed E-state index contributed by atoms with van der Waals surface area (Å²) in [6.07, 6.45) is 23.1. The molecule has 0 heterocycles. The molecule has 0 radical (unpaired) electrons. The van der Waals surface area contributed by atoms with E-state index >= 15 is 0 Å². The van der Waals surface area contributed by atoms with Gasteiger partial charge in [0, 0.05) is 6.42 Å². The Labute approximate surface area is 218 Å². The van der Waals surface area contributed by atoms with Crippen LogP contribution >= 0.6 is 0 Å². The fourth-order valence-electron chi connectivity index (χ4n) is 5.74. The molecular formula is C31H60O4. The van der Waals surface area contributed by atoms with Gasteiger partial charge in [-0.1, -0.05) is 130 Å². The Balaban J connectivity index is 4.91. The molecule has 0 aromatic heterocycles. The first-order valence-electron chi connectivity index (χ1n) is 15.2. The van der Waals surface area contributed by atoms with Crippen molar-refractivity contribution in [3.63, 3.8) is 0 Å². The van der Waals surface area contributed by atoms with E-state index in [1.165, 1.54) is 70.6 Å². The number of hydrogen-bond acceptors (Lipinski definition) is 3. The van der Waals surface area contributed by atoms with Crippen LogP contribution in [0.3, 0.4) is 0 Å². The zero-order valence-electron chi connectivity index (χ0n) is 24.2. The van der Waals surface area contributed by atoms with Gasteiger partial charge in [-0.3, -0.25) is 9.59 Å². The average molecular weight is 497 g/mol. The van der Waals surface area contributed by atoms with E-state index in [0.29, 0.717) is 18.3 Å². The molecule has 0 aliphatic rings. The maximum atomic E-state index is 13.4. The fraction of sp³-hybridized carbons (Fsp3) is 0.935. The summed E-state index contributed by atoms with van der Waals surface area (Å²) in [5, 5.41) is 8.72. The molecule has 0 rings (SSSR count). The van der Waals surface area contributed by atoms with Crippen LogP contribution in [-0.4, -0.2) is 24.2 Å². The lowest BCUT2D eigenvalue weighted by Crippen LogP contribution is -2.37. The number of aliphatic carboxylic acids is 1. The number of rotatable bonds is 25. The van der Waals surface area contributed by atoms with Crippen LogP contribution in [0.15, 0.2) is 0 Å². The molecule has 35 heavy (non-hydrogen) atoms. The number of carboxylic acid groups (broad SMARTS) is 1. The molecule has 2 atom stereocenters. The van der Waals surface area contributed by atoms with E-state index in [1.54, 1.807) is 7.11 Å². The zero-order valence-corrected chi connectivity index (χ0v) is 24.2. The summed E-state index contributed by atoms with van der Waals surface area (Å²) in [7, 11) is 1.59. The largest absolute Gasteiger partial charge is 0.481 e. The summed E-state index contributed by atoms with van der Waals surface area (Å²) >= 11 is 0. The molecule has 0 amide bonds. The molecule has 0 aliphatic carbocycles. The highest BCUT2D eigenvalue weighted by Gasteiger charge is 2.41. The molecule has 208 valence electrons. The number of esters is 1. The van der Waals surface area contributed by atoms with Crippen molar-refractivity contribution in [2.75, 3.05) is 7.11 Å². The first-order chi connectivity index (χ1) is 16.9. The fourth-order valence-corrected chi connectivity index (χ4v) is 5.74. The molecule has 0 bridgehead atoms. The number of carbonyl (C=O) groups excluding carboxylic acids is 1. The molecular weight excluding hydrogens is 436 g/mol. The van der Waals surface area contributed by atoms with Crippen LogP contribution in [0.5, 0.6) is 0 Å². The second-order valence-corrected chi connectivity index (χ2v) is 11.1. The van der Waals surface area contributed by atoms with Crippen molar-refractivity contribution in [2.24, 2.45) is 17.3 Å². The molecule has 4 nitrogen and oxygen atoms in total. The minimum Gasteiger partial charge on any atom is -0.481 e. The predicted molar refractivity (Wildman–Crippen MR) is 149 cm³/mol. The van der Waals surface area contributed by atoms with E-state index in [-0.39, 0.29) is 11.4 Å². The second-order valence-electron chi connectivity index (χ2n) is 11.1. The minimum atomic E-state index is -0.681. The van der Waals surface area contributed by atoms with Crippen LogP contribution in [0.4, 0.5) is 0 Å². The van der Waals surface area contributed by atoms with Gasteiger partial charge in [0.2, 0.25) is 0 Å². The lowest BCUT2D eigenvalue weighted by molar-refractivity contribution is -0.156. The third kappa shape index (κ3) is 16.3. The maximum absolute atomic E-state index is 13.4. The van der Waals surface area contributed by atoms with Crippen molar-refractivity contribution >= 4 is 11.9 Å². The van der Waals surface area contributed by atoms with E-state index in [9.17, 15) is 9.59 Å². The molecule has 0 saturated carbocycles. The van der Waals surface area contributed by atoms with Crippen LogP contribution in [0.2, 0.25) is 0 Å². The number of carboxylic acids is 1. The molecule has 0 fully saturated rings. The molecule has 0 aromatic carbocycles. The highest BCUT2D eigenvalue weighted by molar-refractivity contribution is 5.76. The van der Waals surface area contributed by atoms with Gasteiger partial charge in [-0.2, -0.15) is 0 Å². The van der Waals surface area contributed by atoms with Crippen LogP contribution in [0, 0.1) is 17.3 Å². The normalized spacial score (nSPS) is 14.9. The number of methoxy groups -OCH3 is 1. The summed E-state index contributed by atoms with van der Waals surface area (Å²) < 4.78 is 5.50. The maximum Gasteiger partial charge on any atom is 0.311 e. The van der Waals surface area contributed by atoms with Gasteiger partial charge in [0.15, 0.2) is 0 Å². The average Bonchev–Trinajstić information content (AvgIpc) is 2.86. The molecule has 0 spiro atoms. The summed E-state index contributed by atoms with van der Waals surface area (Å²) in [6.45, 7) is 9.10. The van der Waals surface area contributed by atoms with Crippen molar-refractivity contribution in [1.82, 2.24) is 0 Å². The van der Waals surface area contributed by atoms with Crippen molar-refractivity contribution in [3.05, 3.63) is 0 Å². The first-order valence-corrected chi connectivity index (χ1v) is 15.2. The van der Waals surface area contributed by atoms with Crippen molar-refractivity contribution in [2.45, 2.75) is 163 Å². The van der Waals surface area contributed by atoms with Crippen molar-refractivity contribution in [1.29, 1.82) is 0 Å². The topological polar surface area (TPSA) is 63.6 Å². The van der Waals surface area contributed by atoms with E-state index in [0.717, 1.165) is 57.8 Å². The van der Waals surface area contributed by atoms with E-state index in [4.69, 9.17) is 9.84 Å². The molecule has 0 aromatic rings. The SMILES string of the molecule is CCCCC(CC)CC(CCCCCCCCCCCC(=O)O)(CC(CC)CCCC)C(=O)OC. The van der Waals surface area contributed by atoms with Gasteiger partial charge in [0.05, 0.1) is 12.5 Å². The molecule has 2 unspecified atom stereocenters. The number of unbranched alkanes of at least 4 members (excludes halogenated alkanes) is 10. The van der Waals surface area contributed by atoms with Crippen molar-refractivity contribution < 1.29 is 19.4 Å². The lowest BCUT2D eigenvalue weighted by atomic mass is 9.67. The molecule has 4 heteroatoms. The van der Waals surface area contributed by atoms with Gasteiger partial charge in [-0.15, -0.1) is 0 Å². The molecule has 0 aliphatic heterocycles. The number of ether oxygens (including phenoxy) is 1. The molecule has 1 N–H and O–H groups in total. The second kappa shape index (κ2) is 22.2. The van der Waals surface area contributed by atoms with Gasteiger partial charge in [0.25, 0.3) is 0 Å². The van der Waals surface area contributed by atoms with Gasteiger partial charge in [-0.05, 0) is 37.5 Å². The van der Waals surface area contributed by atoms with Gasteiger partial charge in [-0.25, -0.2) is 0 Å². The third-order valence-corrected chi connectivity index (χ3v) is 8.11. The van der Waals surface area contributed by atoms with Crippen molar-refractivity contribution in [3.8, 4) is 0 Å². The van der Waals surface area contributed by atoms with E-state index in [2.05, 4.69) is 27.7 Å². The Morgan fingerprint density at radius 1 is 0.686 bits per heavy atom. The highest BCUT2D eigenvalue weighted by Crippen LogP contribution is 2.43. The standard InChI is InChI=1S/C31H60O4/c1-6-10-21-27(8-3)25-31(30(34)35-5,26-28(9-4)22-11-7-2)24-20-18-16-14-12-13-15-17-19-23-29(32)33/h27-28H,6-26H2,1-5H3,(H,32,33). The number of carbonyl (C=O) groups is 2. The Morgan fingerprint density at radius 2 is 1.11 bits per heavy atom. The summed E-state index contributed by atoms with van der Waals surface area (Å²) in [5.41, 5.74) is -0.318. The van der Waals surface area contributed by atoms with Crippen LogP contribution in [-0.2, 0) is 14.3 Å². The lowest BCUT2D eigenvalue weighted by Gasteiger charge is -2.37. The smallest absolute Gasteiger partial charge is 0.311 e. The summed E-state index contributed by atoms with van der Waals surface area (Å²) in [4.78, 5) is 23.9. The Bertz CT molecular complexity index is 498. The quantitative estimate of drug-likeness (QED) is 0.101. The number of hydrogen-bond donors (Lipinski definition) is 1. The Morgan fingerprint density at radius 3 is 1.49 bits per heavy atom. The first kappa shape index (κ1) is 33.9. The van der Waals surface area contributed by atoms with Gasteiger partial charge in [0.1, 0.15) is 0 Å². The van der Waals surface area contributed by atoms with Crippen LogP contribution in [0.1, 0.15) is 163 Å².